The first-order chi connectivity index (χ1) is 8.65. The summed E-state index contributed by atoms with van der Waals surface area (Å²) >= 11 is 2.10. The molecular formula is C14H11IN2O. The van der Waals surface area contributed by atoms with Crippen LogP contribution in [0.15, 0.2) is 36.4 Å². The van der Waals surface area contributed by atoms with Crippen molar-refractivity contribution in [3.63, 3.8) is 0 Å². The Balaban J connectivity index is 2.19. The first-order valence-corrected chi connectivity index (χ1v) is 6.67. The van der Waals surface area contributed by atoms with Gasteiger partial charge in [-0.2, -0.15) is 0 Å². The Kier molecular flexibility index (Phi) is 2.74. The average molecular weight is 350 g/mol. The van der Waals surface area contributed by atoms with E-state index in [4.69, 9.17) is 0 Å². The van der Waals surface area contributed by atoms with Crippen LogP contribution < -0.4 is 0 Å². The summed E-state index contributed by atoms with van der Waals surface area (Å²) < 4.78 is 0.837. The zero-order valence-corrected chi connectivity index (χ0v) is 11.9. The van der Waals surface area contributed by atoms with Crippen molar-refractivity contribution in [1.82, 2.24) is 9.97 Å². The number of rotatable bonds is 1. The molecule has 0 radical (unpaired) electrons. The second-order valence-corrected chi connectivity index (χ2v) is 5.38. The SMILES string of the molecule is Cc1cccc2[nH]c(-c3ccc(I)c(O)c3)nc12. The van der Waals surface area contributed by atoms with E-state index in [0.717, 1.165) is 31.6 Å². The third-order valence-corrected chi connectivity index (χ3v) is 3.85. The largest absolute Gasteiger partial charge is 0.507 e. The molecule has 3 rings (SSSR count). The first kappa shape index (κ1) is 11.5. The van der Waals surface area contributed by atoms with Crippen molar-refractivity contribution in [2.24, 2.45) is 0 Å². The van der Waals surface area contributed by atoms with Gasteiger partial charge in [-0.05, 0) is 59.3 Å². The van der Waals surface area contributed by atoms with Gasteiger partial charge in [0, 0.05) is 5.56 Å². The van der Waals surface area contributed by atoms with Gasteiger partial charge in [0.25, 0.3) is 0 Å². The fourth-order valence-electron chi connectivity index (χ4n) is 1.97. The molecule has 0 aliphatic carbocycles. The highest BCUT2D eigenvalue weighted by molar-refractivity contribution is 14.1. The third-order valence-electron chi connectivity index (χ3n) is 2.93. The molecule has 3 aromatic rings. The molecule has 0 atom stereocenters. The van der Waals surface area contributed by atoms with E-state index in [2.05, 4.69) is 32.6 Å². The lowest BCUT2D eigenvalue weighted by Gasteiger charge is -1.99. The molecule has 0 saturated heterocycles. The van der Waals surface area contributed by atoms with Crippen LogP contribution in [0, 0.1) is 10.5 Å². The van der Waals surface area contributed by atoms with Crippen molar-refractivity contribution in [2.45, 2.75) is 6.92 Å². The van der Waals surface area contributed by atoms with E-state index < -0.39 is 0 Å². The van der Waals surface area contributed by atoms with Gasteiger partial charge in [0.05, 0.1) is 14.6 Å². The Bertz CT molecular complexity index is 734. The maximum Gasteiger partial charge on any atom is 0.138 e. The molecule has 3 nitrogen and oxygen atoms in total. The molecule has 1 aromatic heterocycles. The lowest BCUT2D eigenvalue weighted by molar-refractivity contribution is 0.471. The normalized spacial score (nSPS) is 11.0. The fraction of sp³-hybridized carbons (Fsp3) is 0.0714. The van der Waals surface area contributed by atoms with Crippen molar-refractivity contribution in [1.29, 1.82) is 0 Å². The number of nitrogens with zero attached hydrogens (tertiary/aromatic N) is 1. The molecule has 0 aliphatic rings. The number of aryl methyl sites for hydroxylation is 1. The predicted molar refractivity (Wildman–Crippen MR) is 80.6 cm³/mol. The minimum Gasteiger partial charge on any atom is -0.507 e. The van der Waals surface area contributed by atoms with Crippen LogP contribution in [0.2, 0.25) is 0 Å². The lowest BCUT2D eigenvalue weighted by atomic mass is 10.2. The molecule has 0 saturated carbocycles. The molecule has 1 heterocycles. The Morgan fingerprint density at radius 3 is 2.78 bits per heavy atom. The zero-order chi connectivity index (χ0) is 12.7. The number of aromatic nitrogens is 2. The Morgan fingerprint density at radius 2 is 2.06 bits per heavy atom. The Labute approximate surface area is 118 Å². The number of aromatic hydroxyl groups is 1. The quantitative estimate of drug-likeness (QED) is 0.655. The van der Waals surface area contributed by atoms with Crippen molar-refractivity contribution in [3.05, 3.63) is 45.5 Å². The maximum absolute atomic E-state index is 9.74. The van der Waals surface area contributed by atoms with E-state index in [9.17, 15) is 5.11 Å². The van der Waals surface area contributed by atoms with E-state index in [-0.39, 0.29) is 5.75 Å². The van der Waals surface area contributed by atoms with Crippen LogP contribution in [0.1, 0.15) is 5.56 Å². The van der Waals surface area contributed by atoms with Crippen LogP contribution in [0.25, 0.3) is 22.4 Å². The van der Waals surface area contributed by atoms with E-state index in [0.29, 0.717) is 0 Å². The summed E-state index contributed by atoms with van der Waals surface area (Å²) in [5, 5.41) is 9.74. The first-order valence-electron chi connectivity index (χ1n) is 5.59. The molecule has 0 amide bonds. The van der Waals surface area contributed by atoms with E-state index in [1.807, 2.05) is 37.3 Å². The van der Waals surface area contributed by atoms with Crippen LogP contribution >= 0.6 is 22.6 Å². The summed E-state index contributed by atoms with van der Waals surface area (Å²) in [4.78, 5) is 7.86. The molecule has 4 heteroatoms. The van der Waals surface area contributed by atoms with Gasteiger partial charge in [0.1, 0.15) is 11.6 Å². The van der Waals surface area contributed by atoms with Gasteiger partial charge in [-0.1, -0.05) is 12.1 Å². The fourth-order valence-corrected chi connectivity index (χ4v) is 2.31. The molecule has 0 fully saturated rings. The van der Waals surface area contributed by atoms with E-state index in [1.54, 1.807) is 6.07 Å². The van der Waals surface area contributed by atoms with Gasteiger partial charge in [-0.25, -0.2) is 4.98 Å². The number of aromatic amines is 1. The summed E-state index contributed by atoms with van der Waals surface area (Å²) in [7, 11) is 0. The van der Waals surface area contributed by atoms with Gasteiger partial charge in [0.15, 0.2) is 0 Å². The number of phenolic OH excluding ortho intramolecular Hbond substituents is 1. The number of nitrogens with one attached hydrogen (secondary N) is 1. The summed E-state index contributed by atoms with van der Waals surface area (Å²) in [5.74, 6) is 1.07. The molecule has 18 heavy (non-hydrogen) atoms. The zero-order valence-electron chi connectivity index (χ0n) is 9.74. The molecular weight excluding hydrogens is 339 g/mol. The lowest BCUT2D eigenvalue weighted by Crippen LogP contribution is -1.82. The van der Waals surface area contributed by atoms with Crippen LogP contribution in [0.4, 0.5) is 0 Å². The second-order valence-electron chi connectivity index (χ2n) is 4.22. The van der Waals surface area contributed by atoms with Crippen molar-refractivity contribution in [2.75, 3.05) is 0 Å². The number of benzene rings is 2. The van der Waals surface area contributed by atoms with Crippen molar-refractivity contribution in [3.8, 4) is 17.1 Å². The number of imidazole rings is 1. The summed E-state index contributed by atoms with van der Waals surface area (Å²) in [6, 6.07) is 11.6. The van der Waals surface area contributed by atoms with Gasteiger partial charge in [-0.15, -0.1) is 0 Å². The van der Waals surface area contributed by atoms with Gasteiger partial charge >= 0.3 is 0 Å². The molecule has 2 aromatic carbocycles. The van der Waals surface area contributed by atoms with Crippen molar-refractivity contribution < 1.29 is 5.11 Å². The van der Waals surface area contributed by atoms with Gasteiger partial charge < -0.3 is 10.1 Å². The van der Waals surface area contributed by atoms with Crippen LogP contribution in [0.3, 0.4) is 0 Å². The highest BCUT2D eigenvalue weighted by Crippen LogP contribution is 2.27. The number of phenols is 1. The Hall–Kier alpha value is -1.56. The monoisotopic (exact) mass is 350 g/mol. The smallest absolute Gasteiger partial charge is 0.138 e. The molecule has 90 valence electrons. The number of H-pyrrole nitrogens is 1. The number of hydrogen-bond acceptors (Lipinski definition) is 2. The van der Waals surface area contributed by atoms with Crippen LogP contribution in [-0.2, 0) is 0 Å². The number of para-hydroxylation sites is 1. The highest BCUT2D eigenvalue weighted by Gasteiger charge is 2.08. The number of hydrogen-bond donors (Lipinski definition) is 2. The van der Waals surface area contributed by atoms with Crippen molar-refractivity contribution >= 4 is 33.6 Å². The number of halogens is 1. The molecule has 0 unspecified atom stereocenters. The van der Waals surface area contributed by atoms with E-state index >= 15 is 0 Å². The maximum atomic E-state index is 9.74. The molecule has 0 bridgehead atoms. The van der Waals surface area contributed by atoms with E-state index in [1.165, 1.54) is 0 Å². The molecule has 0 aliphatic heterocycles. The average Bonchev–Trinajstić information content (AvgIpc) is 2.78. The van der Waals surface area contributed by atoms with Gasteiger partial charge in [-0.3, -0.25) is 0 Å². The van der Waals surface area contributed by atoms with Crippen LogP contribution in [0.5, 0.6) is 5.75 Å². The summed E-state index contributed by atoms with van der Waals surface area (Å²) in [6.07, 6.45) is 0. The predicted octanol–water partition coefficient (Wildman–Crippen LogP) is 3.85. The summed E-state index contributed by atoms with van der Waals surface area (Å²) in [6.45, 7) is 2.04. The minimum atomic E-state index is 0.283. The van der Waals surface area contributed by atoms with Crippen LogP contribution in [-0.4, -0.2) is 15.1 Å². The van der Waals surface area contributed by atoms with Gasteiger partial charge in [0.2, 0.25) is 0 Å². The second kappa shape index (κ2) is 4.28. The summed E-state index contributed by atoms with van der Waals surface area (Å²) in [5.41, 5.74) is 4.03. The Morgan fingerprint density at radius 1 is 1.22 bits per heavy atom. The number of fused-ring (bicyclic) bond motifs is 1. The molecule has 2 N–H and O–H groups in total. The minimum absolute atomic E-state index is 0.283. The standard InChI is InChI=1S/C14H11IN2O/c1-8-3-2-4-11-13(8)17-14(16-11)9-5-6-10(15)12(18)7-9/h2-7,18H,1H3,(H,16,17). The third kappa shape index (κ3) is 1.86. The molecule has 0 spiro atoms. The topological polar surface area (TPSA) is 48.9 Å². The highest BCUT2D eigenvalue weighted by atomic mass is 127.